The van der Waals surface area contributed by atoms with Gasteiger partial charge in [-0.15, -0.1) is 0 Å². The van der Waals surface area contributed by atoms with Gasteiger partial charge in [-0.25, -0.2) is 4.79 Å². The summed E-state index contributed by atoms with van der Waals surface area (Å²) in [5.74, 6) is -1.15. The Morgan fingerprint density at radius 2 is 1.83 bits per heavy atom. The maximum atomic E-state index is 12.9. The minimum Gasteiger partial charge on any atom is -0.478 e. The van der Waals surface area contributed by atoms with Crippen molar-refractivity contribution < 1.29 is 19.4 Å². The van der Waals surface area contributed by atoms with Crippen LogP contribution in [-0.2, 0) is 31.0 Å². The molecule has 2 aliphatic rings. The van der Waals surface area contributed by atoms with Crippen LogP contribution in [0.5, 0.6) is 0 Å². The molecule has 6 nitrogen and oxygen atoms in total. The molecule has 1 aromatic carbocycles. The number of carboxylic acid groups (broad SMARTS) is 1. The lowest BCUT2D eigenvalue weighted by atomic mass is 10.1. The zero-order valence-corrected chi connectivity index (χ0v) is 12.5. The van der Waals surface area contributed by atoms with E-state index in [1.165, 1.54) is 6.07 Å². The SMILES string of the molecule is O=C(O)c1cc(C(=O)N2Cc3ccccc3C2)n2c1COCC2. The molecule has 0 unspecified atom stereocenters. The number of carbonyl (C=O) groups excluding carboxylic acids is 1. The van der Waals surface area contributed by atoms with Crippen molar-refractivity contribution in [2.24, 2.45) is 0 Å². The Balaban J connectivity index is 1.69. The van der Waals surface area contributed by atoms with E-state index >= 15 is 0 Å². The molecule has 1 N–H and O–H groups in total. The number of ether oxygens (including phenoxy) is 1. The Kier molecular flexibility index (Phi) is 3.20. The van der Waals surface area contributed by atoms with E-state index in [1.807, 2.05) is 24.3 Å². The second-order valence-electron chi connectivity index (χ2n) is 5.83. The van der Waals surface area contributed by atoms with Gasteiger partial charge in [0.2, 0.25) is 0 Å². The third kappa shape index (κ3) is 2.22. The number of aromatic carboxylic acids is 1. The number of carbonyl (C=O) groups is 2. The van der Waals surface area contributed by atoms with Gasteiger partial charge in [0.25, 0.3) is 5.91 Å². The summed E-state index contributed by atoms with van der Waals surface area (Å²) in [6.07, 6.45) is 0. The summed E-state index contributed by atoms with van der Waals surface area (Å²) in [6, 6.07) is 9.45. The van der Waals surface area contributed by atoms with Crippen LogP contribution in [-0.4, -0.2) is 33.1 Å². The molecule has 118 valence electrons. The van der Waals surface area contributed by atoms with Gasteiger partial charge < -0.3 is 19.3 Å². The van der Waals surface area contributed by atoms with Gasteiger partial charge in [0.05, 0.1) is 24.5 Å². The Labute approximate surface area is 132 Å². The van der Waals surface area contributed by atoms with E-state index < -0.39 is 5.97 Å². The third-order valence-electron chi connectivity index (χ3n) is 4.48. The first-order valence-corrected chi connectivity index (χ1v) is 7.54. The molecule has 6 heteroatoms. The summed E-state index contributed by atoms with van der Waals surface area (Å²) in [5.41, 5.74) is 3.46. The molecule has 2 aromatic rings. The second kappa shape index (κ2) is 5.24. The first kappa shape index (κ1) is 14.0. The number of hydrogen-bond acceptors (Lipinski definition) is 3. The van der Waals surface area contributed by atoms with E-state index in [2.05, 4.69) is 0 Å². The Morgan fingerprint density at radius 3 is 2.48 bits per heavy atom. The van der Waals surface area contributed by atoms with Crippen molar-refractivity contribution in [3.05, 3.63) is 58.4 Å². The maximum absolute atomic E-state index is 12.9. The van der Waals surface area contributed by atoms with E-state index in [0.717, 1.165) is 11.1 Å². The highest BCUT2D eigenvalue weighted by Crippen LogP contribution is 2.27. The molecule has 0 fully saturated rings. The number of aromatic nitrogens is 1. The van der Waals surface area contributed by atoms with Crippen LogP contribution < -0.4 is 0 Å². The molecule has 1 amide bonds. The molecule has 0 bridgehead atoms. The topological polar surface area (TPSA) is 71.8 Å². The number of benzene rings is 1. The Hall–Kier alpha value is -2.60. The largest absolute Gasteiger partial charge is 0.478 e. The van der Waals surface area contributed by atoms with Crippen LogP contribution in [0, 0.1) is 0 Å². The summed E-state index contributed by atoms with van der Waals surface area (Å²) >= 11 is 0. The van der Waals surface area contributed by atoms with Gasteiger partial charge in [-0.1, -0.05) is 24.3 Å². The molecule has 23 heavy (non-hydrogen) atoms. The Bertz CT molecular complexity index is 784. The molecule has 4 rings (SSSR count). The van der Waals surface area contributed by atoms with Crippen LogP contribution in [0.15, 0.2) is 30.3 Å². The Morgan fingerprint density at radius 1 is 1.13 bits per heavy atom. The number of carboxylic acids is 1. The molecular formula is C17H16N2O4. The molecule has 0 spiro atoms. The van der Waals surface area contributed by atoms with Crippen molar-refractivity contribution >= 4 is 11.9 Å². The van der Waals surface area contributed by atoms with Crippen LogP contribution in [0.4, 0.5) is 0 Å². The highest BCUT2D eigenvalue weighted by Gasteiger charge is 2.30. The number of fused-ring (bicyclic) bond motifs is 2. The van der Waals surface area contributed by atoms with Crippen molar-refractivity contribution in [3.8, 4) is 0 Å². The number of rotatable bonds is 2. The summed E-state index contributed by atoms with van der Waals surface area (Å²) in [7, 11) is 0. The fourth-order valence-electron chi connectivity index (χ4n) is 3.33. The zero-order valence-electron chi connectivity index (χ0n) is 12.5. The van der Waals surface area contributed by atoms with E-state index in [1.54, 1.807) is 9.47 Å². The molecule has 0 saturated carbocycles. The van der Waals surface area contributed by atoms with Crippen LogP contribution in [0.3, 0.4) is 0 Å². The normalized spacial score (nSPS) is 16.1. The van der Waals surface area contributed by atoms with Crippen LogP contribution in [0.1, 0.15) is 37.7 Å². The molecule has 0 saturated heterocycles. The smallest absolute Gasteiger partial charge is 0.337 e. The summed E-state index contributed by atoms with van der Waals surface area (Å²) in [6.45, 7) is 2.35. The van der Waals surface area contributed by atoms with Gasteiger partial charge in [-0.3, -0.25) is 4.79 Å². The number of nitrogens with zero attached hydrogens (tertiary/aromatic N) is 2. The summed E-state index contributed by atoms with van der Waals surface area (Å²) in [4.78, 5) is 26.1. The van der Waals surface area contributed by atoms with E-state index in [9.17, 15) is 14.7 Å². The van der Waals surface area contributed by atoms with Crippen LogP contribution in [0.25, 0.3) is 0 Å². The zero-order chi connectivity index (χ0) is 16.0. The van der Waals surface area contributed by atoms with Gasteiger partial charge in [0, 0.05) is 19.6 Å². The van der Waals surface area contributed by atoms with Crippen molar-refractivity contribution in [1.29, 1.82) is 0 Å². The fraction of sp³-hybridized carbons (Fsp3) is 0.294. The molecule has 3 heterocycles. The molecule has 2 aliphatic heterocycles. The molecule has 0 radical (unpaired) electrons. The predicted molar refractivity (Wildman–Crippen MR) is 81.1 cm³/mol. The molecule has 0 aliphatic carbocycles. The van der Waals surface area contributed by atoms with Gasteiger partial charge in [-0.2, -0.15) is 0 Å². The van der Waals surface area contributed by atoms with E-state index in [-0.39, 0.29) is 18.1 Å². The maximum Gasteiger partial charge on any atom is 0.337 e. The third-order valence-corrected chi connectivity index (χ3v) is 4.48. The monoisotopic (exact) mass is 312 g/mol. The lowest BCUT2D eigenvalue weighted by Gasteiger charge is -2.21. The van der Waals surface area contributed by atoms with Gasteiger partial charge >= 0.3 is 5.97 Å². The minimum atomic E-state index is -1.02. The average Bonchev–Trinajstić information content (AvgIpc) is 3.16. The quantitative estimate of drug-likeness (QED) is 0.919. The molecule has 1 aromatic heterocycles. The van der Waals surface area contributed by atoms with Gasteiger partial charge in [-0.05, 0) is 17.2 Å². The van der Waals surface area contributed by atoms with Crippen LogP contribution >= 0.6 is 0 Å². The van der Waals surface area contributed by atoms with Crippen molar-refractivity contribution in [2.75, 3.05) is 6.61 Å². The summed E-state index contributed by atoms with van der Waals surface area (Å²) < 4.78 is 7.14. The standard InChI is InChI=1S/C17H16N2O4/c20-16(18-8-11-3-1-2-4-12(11)9-18)14-7-13(17(21)22)15-10-23-6-5-19(14)15/h1-4,7H,5-6,8-10H2,(H,21,22). The lowest BCUT2D eigenvalue weighted by molar-refractivity contribution is 0.0642. The first-order valence-electron chi connectivity index (χ1n) is 7.54. The fourth-order valence-corrected chi connectivity index (χ4v) is 3.33. The average molecular weight is 312 g/mol. The predicted octanol–water partition coefficient (Wildman–Crippen LogP) is 1.87. The van der Waals surface area contributed by atoms with E-state index in [4.69, 9.17) is 4.74 Å². The minimum absolute atomic E-state index is 0.128. The highest BCUT2D eigenvalue weighted by molar-refractivity contribution is 5.98. The number of amides is 1. The summed E-state index contributed by atoms with van der Waals surface area (Å²) in [5, 5.41) is 9.35. The van der Waals surface area contributed by atoms with Crippen molar-refractivity contribution in [1.82, 2.24) is 9.47 Å². The lowest BCUT2D eigenvalue weighted by Crippen LogP contribution is -2.29. The molecule has 0 atom stereocenters. The van der Waals surface area contributed by atoms with Crippen molar-refractivity contribution in [3.63, 3.8) is 0 Å². The number of hydrogen-bond donors (Lipinski definition) is 1. The second-order valence-corrected chi connectivity index (χ2v) is 5.83. The van der Waals surface area contributed by atoms with Gasteiger partial charge in [0.15, 0.2) is 0 Å². The van der Waals surface area contributed by atoms with Crippen LogP contribution in [0.2, 0.25) is 0 Å². The van der Waals surface area contributed by atoms with Crippen molar-refractivity contribution in [2.45, 2.75) is 26.2 Å². The van der Waals surface area contributed by atoms with Gasteiger partial charge in [0.1, 0.15) is 5.69 Å². The molecular weight excluding hydrogens is 296 g/mol. The first-order chi connectivity index (χ1) is 11.1. The van der Waals surface area contributed by atoms with E-state index in [0.29, 0.717) is 37.6 Å². The highest BCUT2D eigenvalue weighted by atomic mass is 16.5.